The van der Waals surface area contributed by atoms with Crippen molar-refractivity contribution in [2.45, 2.75) is 7.43 Å². The minimum atomic E-state index is -1.24. The number of carboxylic acids is 1. The number of aromatic carboxylic acids is 1. The lowest BCUT2D eigenvalue weighted by Crippen LogP contribution is -2.19. The number of hydrogen-bond donors (Lipinski definition) is 4. The molecule has 0 aliphatic heterocycles. The minimum Gasteiger partial charge on any atom is -0.507 e. The lowest BCUT2D eigenvalue weighted by molar-refractivity contribution is -0.109. The Kier molecular flexibility index (Phi) is 4.66. The monoisotopic (exact) mass is 212 g/mol. The summed E-state index contributed by atoms with van der Waals surface area (Å²) in [6, 6.07) is 3.85. The Hall–Kier alpha value is -2.24. The summed E-state index contributed by atoms with van der Waals surface area (Å²) in [6.45, 7) is 0. The number of nitrogens with one attached hydrogen (secondary N) is 2. The Balaban J connectivity index is 0.00000196. The van der Waals surface area contributed by atoms with E-state index in [1.807, 2.05) is 0 Å². The van der Waals surface area contributed by atoms with Crippen LogP contribution >= 0.6 is 0 Å². The molecule has 4 N–H and O–H groups in total. The molecule has 0 unspecified atom stereocenters. The van der Waals surface area contributed by atoms with Crippen LogP contribution in [-0.2, 0) is 4.79 Å². The fourth-order valence-electron chi connectivity index (χ4n) is 0.898. The van der Waals surface area contributed by atoms with E-state index in [1.54, 1.807) is 0 Å². The van der Waals surface area contributed by atoms with Gasteiger partial charge in [-0.25, -0.2) is 4.79 Å². The van der Waals surface area contributed by atoms with E-state index in [0.29, 0.717) is 12.1 Å². The number of aromatic hydroxyl groups is 1. The molecule has 82 valence electrons. The maximum absolute atomic E-state index is 10.6. The third-order valence-corrected chi connectivity index (χ3v) is 1.50. The van der Waals surface area contributed by atoms with E-state index >= 15 is 0 Å². The zero-order chi connectivity index (χ0) is 10.6. The van der Waals surface area contributed by atoms with Gasteiger partial charge in [0.1, 0.15) is 11.3 Å². The van der Waals surface area contributed by atoms with Crippen LogP contribution in [0.3, 0.4) is 0 Å². The number of carbonyl (C=O) groups is 2. The van der Waals surface area contributed by atoms with Crippen molar-refractivity contribution < 1.29 is 19.8 Å². The molecular formula is C9H12N2O4. The highest BCUT2D eigenvalue weighted by Gasteiger charge is 2.09. The zero-order valence-corrected chi connectivity index (χ0v) is 7.02. The van der Waals surface area contributed by atoms with Crippen LogP contribution in [0.4, 0.5) is 5.69 Å². The van der Waals surface area contributed by atoms with Crippen LogP contribution in [0.2, 0.25) is 0 Å². The van der Waals surface area contributed by atoms with Gasteiger partial charge in [-0.1, -0.05) is 7.43 Å². The fourth-order valence-corrected chi connectivity index (χ4v) is 0.898. The molecule has 1 aromatic rings. The Bertz CT molecular complexity index is 365. The molecule has 0 atom stereocenters. The topological polar surface area (TPSA) is 98.7 Å². The number of hydrogen-bond acceptors (Lipinski definition) is 4. The first-order valence-corrected chi connectivity index (χ1v) is 3.66. The van der Waals surface area contributed by atoms with Gasteiger partial charge in [0.2, 0.25) is 6.41 Å². The molecule has 0 heterocycles. The van der Waals surface area contributed by atoms with Crippen LogP contribution in [0.25, 0.3) is 0 Å². The summed E-state index contributed by atoms with van der Waals surface area (Å²) >= 11 is 0. The third-order valence-electron chi connectivity index (χ3n) is 1.50. The van der Waals surface area contributed by atoms with E-state index in [2.05, 4.69) is 10.9 Å². The second kappa shape index (κ2) is 5.48. The lowest BCUT2D eigenvalue weighted by Gasteiger charge is -2.05. The SMILES string of the molecule is C.O=CNNc1ccc(O)c(C(=O)O)c1. The van der Waals surface area contributed by atoms with Gasteiger partial charge in [0.05, 0.1) is 5.69 Å². The number of rotatable bonds is 4. The second-order valence-corrected chi connectivity index (χ2v) is 2.42. The molecule has 0 fully saturated rings. The predicted molar refractivity (Wildman–Crippen MR) is 54.6 cm³/mol. The molecule has 0 radical (unpaired) electrons. The van der Waals surface area contributed by atoms with E-state index in [0.717, 1.165) is 0 Å². The summed E-state index contributed by atoms with van der Waals surface area (Å²) in [5.41, 5.74) is 4.70. The highest BCUT2D eigenvalue weighted by atomic mass is 16.4. The van der Waals surface area contributed by atoms with E-state index in [4.69, 9.17) is 10.2 Å². The number of benzene rings is 1. The Labute approximate surface area is 86.5 Å². The van der Waals surface area contributed by atoms with Gasteiger partial charge in [-0.2, -0.15) is 0 Å². The molecule has 6 nitrogen and oxygen atoms in total. The van der Waals surface area contributed by atoms with Crippen LogP contribution < -0.4 is 10.9 Å². The average Bonchev–Trinajstić information content (AvgIpc) is 2.16. The van der Waals surface area contributed by atoms with Crippen LogP contribution in [0.15, 0.2) is 18.2 Å². The minimum absolute atomic E-state index is 0. The normalized spacial score (nSPS) is 8.53. The Morgan fingerprint density at radius 1 is 1.40 bits per heavy atom. The van der Waals surface area contributed by atoms with Gasteiger partial charge in [0, 0.05) is 0 Å². The largest absolute Gasteiger partial charge is 0.507 e. The van der Waals surface area contributed by atoms with E-state index in [9.17, 15) is 9.59 Å². The van der Waals surface area contributed by atoms with Crippen molar-refractivity contribution in [1.82, 2.24) is 5.43 Å². The second-order valence-electron chi connectivity index (χ2n) is 2.42. The number of amides is 1. The summed E-state index contributed by atoms with van der Waals surface area (Å²) in [7, 11) is 0. The Morgan fingerprint density at radius 2 is 2.07 bits per heavy atom. The number of hydrazine groups is 1. The molecule has 0 saturated carbocycles. The first-order valence-electron chi connectivity index (χ1n) is 3.66. The van der Waals surface area contributed by atoms with Crippen LogP contribution in [0.1, 0.15) is 17.8 Å². The smallest absolute Gasteiger partial charge is 0.339 e. The maximum Gasteiger partial charge on any atom is 0.339 e. The van der Waals surface area contributed by atoms with Crippen molar-refractivity contribution in [3.05, 3.63) is 23.8 Å². The molecule has 0 aliphatic carbocycles. The molecule has 0 spiro atoms. The average molecular weight is 212 g/mol. The van der Waals surface area contributed by atoms with Crippen molar-refractivity contribution >= 4 is 18.1 Å². The summed E-state index contributed by atoms with van der Waals surface area (Å²) in [6.07, 6.45) is 0.410. The van der Waals surface area contributed by atoms with Crippen LogP contribution in [-0.4, -0.2) is 22.6 Å². The summed E-state index contributed by atoms with van der Waals surface area (Å²) in [5, 5.41) is 17.8. The third kappa shape index (κ3) is 3.18. The number of carbonyl (C=O) groups excluding carboxylic acids is 1. The summed E-state index contributed by atoms with van der Waals surface area (Å²) in [5.74, 6) is -1.56. The molecule has 1 rings (SSSR count). The van der Waals surface area contributed by atoms with Gasteiger partial charge in [-0.15, -0.1) is 0 Å². The van der Waals surface area contributed by atoms with Crippen LogP contribution in [0.5, 0.6) is 5.75 Å². The van der Waals surface area contributed by atoms with Gasteiger partial charge in [-0.3, -0.25) is 15.6 Å². The highest BCUT2D eigenvalue weighted by molar-refractivity contribution is 5.92. The standard InChI is InChI=1S/C8H8N2O4.CH4/c11-4-9-10-5-1-2-7(12)6(3-5)8(13)14;/h1-4,10,12H,(H,9,11)(H,13,14);1H4. The number of anilines is 1. The first kappa shape index (κ1) is 12.8. The van der Waals surface area contributed by atoms with Gasteiger partial charge < -0.3 is 10.2 Å². The molecule has 0 aromatic heterocycles. The molecule has 15 heavy (non-hydrogen) atoms. The zero-order valence-electron chi connectivity index (χ0n) is 7.02. The Morgan fingerprint density at radius 3 is 2.60 bits per heavy atom. The number of phenols is 1. The fraction of sp³-hybridized carbons (Fsp3) is 0.111. The van der Waals surface area contributed by atoms with Crippen LogP contribution in [0, 0.1) is 0 Å². The summed E-state index contributed by atoms with van der Waals surface area (Å²) < 4.78 is 0. The van der Waals surface area contributed by atoms with E-state index in [1.165, 1.54) is 18.2 Å². The molecule has 6 heteroatoms. The highest BCUT2D eigenvalue weighted by Crippen LogP contribution is 2.20. The first-order chi connectivity index (χ1) is 6.65. The molecule has 0 bridgehead atoms. The molecule has 0 aliphatic rings. The van der Waals surface area contributed by atoms with Gasteiger partial charge in [-0.05, 0) is 18.2 Å². The quantitative estimate of drug-likeness (QED) is 0.336. The van der Waals surface area contributed by atoms with Gasteiger partial charge in [0.15, 0.2) is 0 Å². The van der Waals surface area contributed by atoms with Crippen molar-refractivity contribution in [2.24, 2.45) is 0 Å². The summed E-state index contributed by atoms with van der Waals surface area (Å²) in [4.78, 5) is 20.5. The van der Waals surface area contributed by atoms with E-state index < -0.39 is 5.97 Å². The molecule has 1 aromatic carbocycles. The van der Waals surface area contributed by atoms with Gasteiger partial charge >= 0.3 is 5.97 Å². The lowest BCUT2D eigenvalue weighted by atomic mass is 10.2. The van der Waals surface area contributed by atoms with Crippen molar-refractivity contribution in [3.8, 4) is 5.75 Å². The molecule has 1 amide bonds. The van der Waals surface area contributed by atoms with Crippen molar-refractivity contribution in [1.29, 1.82) is 0 Å². The maximum atomic E-state index is 10.6. The number of carboxylic acid groups (broad SMARTS) is 1. The van der Waals surface area contributed by atoms with Crippen molar-refractivity contribution in [2.75, 3.05) is 5.43 Å². The van der Waals surface area contributed by atoms with E-state index in [-0.39, 0.29) is 18.7 Å². The predicted octanol–water partition coefficient (Wildman–Crippen LogP) is 0.799. The van der Waals surface area contributed by atoms with Gasteiger partial charge in [0.25, 0.3) is 0 Å². The molecular weight excluding hydrogens is 200 g/mol. The van der Waals surface area contributed by atoms with Crippen molar-refractivity contribution in [3.63, 3.8) is 0 Å². The molecule has 0 saturated heterocycles.